The number of aromatic nitrogens is 2. The fourth-order valence-corrected chi connectivity index (χ4v) is 1.53. The smallest absolute Gasteiger partial charge is 0.260 e. The molecule has 0 atom stereocenters. The van der Waals surface area contributed by atoms with E-state index >= 15 is 0 Å². The van der Waals surface area contributed by atoms with Crippen molar-refractivity contribution >= 4 is 22.5 Å². The highest BCUT2D eigenvalue weighted by Gasteiger charge is 2.03. The van der Waals surface area contributed by atoms with Crippen molar-refractivity contribution in [2.75, 3.05) is 24.2 Å². The molecule has 1 aromatic carbocycles. The summed E-state index contributed by atoms with van der Waals surface area (Å²) < 4.78 is 0. The van der Waals surface area contributed by atoms with E-state index < -0.39 is 0 Å². The maximum Gasteiger partial charge on any atom is 0.260 e. The van der Waals surface area contributed by atoms with Crippen molar-refractivity contribution in [3.05, 3.63) is 28.6 Å². The van der Waals surface area contributed by atoms with Gasteiger partial charge >= 0.3 is 0 Å². The van der Waals surface area contributed by atoms with Gasteiger partial charge in [-0.3, -0.25) is 9.78 Å². The molecule has 0 saturated heterocycles. The Balaban J connectivity index is 2.35. The molecule has 0 unspecified atom stereocenters. The fraction of sp³-hybridized carbons (Fsp3) is 0.273. The minimum absolute atomic E-state index is 0.0986. The minimum Gasteiger partial charge on any atom is -0.399 e. The van der Waals surface area contributed by atoms with Crippen molar-refractivity contribution < 1.29 is 5.11 Å². The molecule has 0 aliphatic heterocycles. The van der Waals surface area contributed by atoms with Gasteiger partial charge in [0.2, 0.25) is 5.95 Å². The van der Waals surface area contributed by atoms with Crippen molar-refractivity contribution in [2.45, 2.75) is 6.42 Å². The monoisotopic (exact) mass is 234 g/mol. The van der Waals surface area contributed by atoms with Crippen molar-refractivity contribution in [3.8, 4) is 0 Å². The molecule has 0 amide bonds. The molecular formula is C11H14N4O2. The number of benzene rings is 1. The number of rotatable bonds is 4. The van der Waals surface area contributed by atoms with Crippen molar-refractivity contribution in [1.29, 1.82) is 0 Å². The van der Waals surface area contributed by atoms with Gasteiger partial charge in [-0.2, -0.15) is 0 Å². The highest BCUT2D eigenvalue weighted by Crippen LogP contribution is 2.12. The Kier molecular flexibility index (Phi) is 3.24. The predicted molar refractivity (Wildman–Crippen MR) is 67.0 cm³/mol. The predicted octanol–water partition coefficient (Wildman–Crippen LogP) is 0.300. The number of anilines is 2. The van der Waals surface area contributed by atoms with Crippen LogP contribution in [0.1, 0.15) is 6.42 Å². The summed E-state index contributed by atoms with van der Waals surface area (Å²) in [5, 5.41) is 12.1. The number of hydrogen-bond donors (Lipinski definition) is 4. The Labute approximate surface area is 97.5 Å². The summed E-state index contributed by atoms with van der Waals surface area (Å²) >= 11 is 0. The second kappa shape index (κ2) is 4.84. The highest BCUT2D eigenvalue weighted by molar-refractivity contribution is 5.81. The van der Waals surface area contributed by atoms with Gasteiger partial charge in [-0.05, 0) is 24.6 Å². The zero-order chi connectivity index (χ0) is 12.3. The van der Waals surface area contributed by atoms with E-state index in [1.54, 1.807) is 18.2 Å². The molecule has 0 fully saturated rings. The molecule has 0 saturated carbocycles. The quantitative estimate of drug-likeness (QED) is 0.450. The number of nitrogen functional groups attached to an aromatic ring is 1. The molecule has 2 rings (SSSR count). The average molecular weight is 234 g/mol. The van der Waals surface area contributed by atoms with E-state index in [0.29, 0.717) is 35.5 Å². The topological polar surface area (TPSA) is 104 Å². The summed E-state index contributed by atoms with van der Waals surface area (Å²) in [6, 6.07) is 5.00. The van der Waals surface area contributed by atoms with Crippen LogP contribution in [0.4, 0.5) is 11.6 Å². The van der Waals surface area contributed by atoms with Crippen LogP contribution >= 0.6 is 0 Å². The summed E-state index contributed by atoms with van der Waals surface area (Å²) in [6.45, 7) is 0.654. The number of fused-ring (bicyclic) bond motifs is 1. The number of H-pyrrole nitrogens is 1. The zero-order valence-corrected chi connectivity index (χ0v) is 9.23. The number of aromatic amines is 1. The summed E-state index contributed by atoms with van der Waals surface area (Å²) in [6.07, 6.45) is 0.601. The summed E-state index contributed by atoms with van der Waals surface area (Å²) in [5.41, 5.74) is 6.50. The first-order chi connectivity index (χ1) is 8.20. The normalized spacial score (nSPS) is 10.6. The molecule has 0 spiro atoms. The molecule has 0 aliphatic rings. The van der Waals surface area contributed by atoms with Crippen LogP contribution in [0.15, 0.2) is 23.0 Å². The lowest BCUT2D eigenvalue weighted by atomic mass is 10.2. The maximum atomic E-state index is 11.7. The van der Waals surface area contributed by atoms with Gasteiger partial charge in [-0.25, -0.2) is 4.98 Å². The van der Waals surface area contributed by atoms with Gasteiger partial charge in [0, 0.05) is 18.8 Å². The van der Waals surface area contributed by atoms with E-state index in [-0.39, 0.29) is 12.2 Å². The van der Waals surface area contributed by atoms with Gasteiger partial charge in [-0.1, -0.05) is 0 Å². The molecule has 1 aromatic heterocycles. The third kappa shape index (κ3) is 2.54. The highest BCUT2D eigenvalue weighted by atomic mass is 16.3. The van der Waals surface area contributed by atoms with Crippen molar-refractivity contribution in [1.82, 2.24) is 9.97 Å². The van der Waals surface area contributed by atoms with Gasteiger partial charge in [0.15, 0.2) is 0 Å². The van der Waals surface area contributed by atoms with E-state index in [4.69, 9.17) is 10.8 Å². The molecule has 2 aromatic rings. The molecular weight excluding hydrogens is 220 g/mol. The van der Waals surface area contributed by atoms with Gasteiger partial charge in [0.1, 0.15) is 0 Å². The Morgan fingerprint density at radius 1 is 1.47 bits per heavy atom. The van der Waals surface area contributed by atoms with E-state index in [1.807, 2.05) is 0 Å². The van der Waals surface area contributed by atoms with E-state index in [2.05, 4.69) is 15.3 Å². The molecule has 6 nitrogen and oxygen atoms in total. The van der Waals surface area contributed by atoms with Crippen LogP contribution in [-0.4, -0.2) is 28.2 Å². The molecule has 17 heavy (non-hydrogen) atoms. The van der Waals surface area contributed by atoms with Gasteiger partial charge in [0.05, 0.1) is 10.9 Å². The first-order valence-electron chi connectivity index (χ1n) is 5.35. The van der Waals surface area contributed by atoms with Crippen LogP contribution in [0.5, 0.6) is 0 Å². The summed E-state index contributed by atoms with van der Waals surface area (Å²) in [7, 11) is 0. The average Bonchev–Trinajstić information content (AvgIpc) is 2.31. The third-order valence-corrected chi connectivity index (χ3v) is 2.36. The zero-order valence-electron chi connectivity index (χ0n) is 9.23. The third-order valence-electron chi connectivity index (χ3n) is 2.36. The standard InChI is InChI=1S/C11H14N4O2/c12-7-2-3-9-8(6-7)10(17)15-11(14-9)13-4-1-5-16/h2-3,6,16H,1,4-5,12H2,(H2,13,14,15,17). The van der Waals surface area contributed by atoms with E-state index in [1.165, 1.54) is 0 Å². The van der Waals surface area contributed by atoms with Crippen LogP contribution in [-0.2, 0) is 0 Å². The number of hydrogen-bond acceptors (Lipinski definition) is 5. The van der Waals surface area contributed by atoms with Crippen molar-refractivity contribution in [2.24, 2.45) is 0 Å². The van der Waals surface area contributed by atoms with Gasteiger partial charge in [0.25, 0.3) is 5.56 Å². The van der Waals surface area contributed by atoms with Gasteiger partial charge < -0.3 is 16.2 Å². The Bertz CT molecular complexity index is 579. The Morgan fingerprint density at radius 3 is 3.06 bits per heavy atom. The van der Waals surface area contributed by atoms with Crippen LogP contribution in [0.2, 0.25) is 0 Å². The first-order valence-corrected chi connectivity index (χ1v) is 5.35. The molecule has 6 heteroatoms. The largest absolute Gasteiger partial charge is 0.399 e. The minimum atomic E-state index is -0.228. The maximum absolute atomic E-state index is 11.7. The lowest BCUT2D eigenvalue weighted by Gasteiger charge is -2.05. The second-order valence-electron chi connectivity index (χ2n) is 3.70. The van der Waals surface area contributed by atoms with Gasteiger partial charge in [-0.15, -0.1) is 0 Å². The second-order valence-corrected chi connectivity index (χ2v) is 3.70. The molecule has 5 N–H and O–H groups in total. The van der Waals surface area contributed by atoms with Crippen LogP contribution in [0, 0.1) is 0 Å². The van der Waals surface area contributed by atoms with Crippen LogP contribution in [0.3, 0.4) is 0 Å². The van der Waals surface area contributed by atoms with Crippen LogP contribution in [0.25, 0.3) is 10.9 Å². The summed E-state index contributed by atoms with van der Waals surface area (Å²) in [4.78, 5) is 18.6. The molecule has 0 aliphatic carbocycles. The van der Waals surface area contributed by atoms with Crippen molar-refractivity contribution in [3.63, 3.8) is 0 Å². The first kappa shape index (κ1) is 11.4. The lowest BCUT2D eigenvalue weighted by molar-refractivity contribution is 0.292. The lowest BCUT2D eigenvalue weighted by Crippen LogP contribution is -2.14. The Hall–Kier alpha value is -2.08. The molecule has 90 valence electrons. The molecule has 1 heterocycles. The van der Waals surface area contributed by atoms with E-state index in [0.717, 1.165) is 0 Å². The van der Waals surface area contributed by atoms with Crippen LogP contribution < -0.4 is 16.6 Å². The fourth-order valence-electron chi connectivity index (χ4n) is 1.53. The van der Waals surface area contributed by atoms with E-state index in [9.17, 15) is 4.79 Å². The number of aliphatic hydroxyl groups is 1. The molecule has 0 bridgehead atoms. The number of nitrogens with one attached hydrogen (secondary N) is 2. The Morgan fingerprint density at radius 2 is 2.29 bits per heavy atom. The number of aliphatic hydroxyl groups excluding tert-OH is 1. The molecule has 0 radical (unpaired) electrons. The number of nitrogens with zero attached hydrogens (tertiary/aromatic N) is 1. The number of nitrogens with two attached hydrogens (primary N) is 1. The summed E-state index contributed by atoms with van der Waals surface area (Å²) in [5.74, 6) is 0.403. The SMILES string of the molecule is Nc1ccc2nc(NCCCO)[nH]c(=O)c2c1.